The van der Waals surface area contributed by atoms with Gasteiger partial charge in [-0.2, -0.15) is 0 Å². The van der Waals surface area contributed by atoms with Crippen LogP contribution >= 0.6 is 11.3 Å². The highest BCUT2D eigenvalue weighted by Gasteiger charge is 2.06. The second-order valence-electron chi connectivity index (χ2n) is 5.09. The first kappa shape index (κ1) is 13.9. The highest BCUT2D eigenvalue weighted by Crippen LogP contribution is 2.23. The third-order valence-electron chi connectivity index (χ3n) is 2.78. The first-order chi connectivity index (χ1) is 9.04. The van der Waals surface area contributed by atoms with E-state index in [1.807, 2.05) is 19.1 Å². The van der Waals surface area contributed by atoms with E-state index >= 15 is 0 Å². The summed E-state index contributed by atoms with van der Waals surface area (Å²) < 4.78 is 5.67. The maximum absolute atomic E-state index is 5.71. The van der Waals surface area contributed by atoms with Crippen LogP contribution in [0.5, 0.6) is 5.75 Å². The van der Waals surface area contributed by atoms with E-state index < -0.39 is 0 Å². The summed E-state index contributed by atoms with van der Waals surface area (Å²) in [5.74, 6) is 1.47. The molecule has 0 saturated heterocycles. The molecule has 0 unspecified atom stereocenters. The zero-order chi connectivity index (χ0) is 13.8. The minimum Gasteiger partial charge on any atom is -0.493 e. The van der Waals surface area contributed by atoms with Crippen molar-refractivity contribution in [2.45, 2.75) is 27.2 Å². The van der Waals surface area contributed by atoms with Gasteiger partial charge in [0.1, 0.15) is 5.75 Å². The van der Waals surface area contributed by atoms with Gasteiger partial charge in [-0.25, -0.2) is 4.98 Å². The average Bonchev–Trinajstić information content (AvgIpc) is 2.67. The van der Waals surface area contributed by atoms with Crippen molar-refractivity contribution in [3.05, 3.63) is 40.4 Å². The van der Waals surface area contributed by atoms with Crippen LogP contribution in [-0.4, -0.2) is 11.6 Å². The van der Waals surface area contributed by atoms with Crippen LogP contribution in [0.3, 0.4) is 0 Å². The van der Waals surface area contributed by atoms with Gasteiger partial charge in [0.15, 0.2) is 5.13 Å². The molecule has 0 fully saturated rings. The summed E-state index contributed by atoms with van der Waals surface area (Å²) in [4.78, 5) is 5.48. The van der Waals surface area contributed by atoms with Gasteiger partial charge in [0.05, 0.1) is 12.3 Å². The third-order valence-corrected chi connectivity index (χ3v) is 3.77. The van der Waals surface area contributed by atoms with Gasteiger partial charge in [-0.1, -0.05) is 26.0 Å². The Labute approximate surface area is 118 Å². The molecule has 2 rings (SSSR count). The van der Waals surface area contributed by atoms with Crippen molar-refractivity contribution >= 4 is 16.5 Å². The largest absolute Gasteiger partial charge is 0.493 e. The smallest absolute Gasteiger partial charge is 0.180 e. The van der Waals surface area contributed by atoms with Gasteiger partial charge in [0, 0.05) is 11.3 Å². The van der Waals surface area contributed by atoms with Crippen LogP contribution in [0.4, 0.5) is 5.13 Å². The molecule has 0 saturated carbocycles. The van der Waals surface area contributed by atoms with E-state index in [4.69, 9.17) is 10.5 Å². The second-order valence-corrected chi connectivity index (χ2v) is 6.20. The van der Waals surface area contributed by atoms with E-state index in [0.717, 1.165) is 24.5 Å². The van der Waals surface area contributed by atoms with Crippen LogP contribution in [0.2, 0.25) is 0 Å². The molecule has 0 aliphatic carbocycles. The van der Waals surface area contributed by atoms with Gasteiger partial charge >= 0.3 is 0 Å². The molecule has 0 bridgehead atoms. The fourth-order valence-electron chi connectivity index (χ4n) is 1.77. The molecule has 0 amide bonds. The molecule has 2 aromatic rings. The highest BCUT2D eigenvalue weighted by molar-refractivity contribution is 7.15. The number of benzene rings is 1. The first-order valence-corrected chi connectivity index (χ1v) is 7.29. The Kier molecular flexibility index (Phi) is 4.43. The molecular formula is C15H20N2OS. The molecule has 0 radical (unpaired) electrons. The lowest BCUT2D eigenvalue weighted by Crippen LogP contribution is -2.04. The van der Waals surface area contributed by atoms with Crippen molar-refractivity contribution in [2.75, 3.05) is 12.3 Å². The molecule has 102 valence electrons. The summed E-state index contributed by atoms with van der Waals surface area (Å²) in [7, 11) is 0. The van der Waals surface area contributed by atoms with Crippen molar-refractivity contribution in [1.82, 2.24) is 4.98 Å². The van der Waals surface area contributed by atoms with E-state index in [-0.39, 0.29) is 0 Å². The molecule has 3 nitrogen and oxygen atoms in total. The first-order valence-electron chi connectivity index (χ1n) is 6.48. The summed E-state index contributed by atoms with van der Waals surface area (Å²) in [6, 6.07) is 8.25. The predicted molar refractivity (Wildman–Crippen MR) is 80.8 cm³/mol. The van der Waals surface area contributed by atoms with Crippen molar-refractivity contribution in [2.24, 2.45) is 5.92 Å². The minimum atomic E-state index is 0.544. The Hall–Kier alpha value is -1.55. The average molecular weight is 276 g/mol. The third kappa shape index (κ3) is 3.96. The topological polar surface area (TPSA) is 48.1 Å². The van der Waals surface area contributed by atoms with Gasteiger partial charge in [-0.15, -0.1) is 11.3 Å². The van der Waals surface area contributed by atoms with Crippen LogP contribution in [-0.2, 0) is 6.42 Å². The SMILES string of the molecule is Cc1nc(N)sc1Cc1ccc(OCC(C)C)cc1. The summed E-state index contributed by atoms with van der Waals surface area (Å²) >= 11 is 1.56. The van der Waals surface area contributed by atoms with Crippen LogP contribution < -0.4 is 10.5 Å². The molecule has 19 heavy (non-hydrogen) atoms. The fourth-order valence-corrected chi connectivity index (χ4v) is 2.63. The van der Waals surface area contributed by atoms with Crippen LogP contribution in [0.25, 0.3) is 0 Å². The molecule has 1 aromatic carbocycles. The lowest BCUT2D eigenvalue weighted by atomic mass is 10.1. The van der Waals surface area contributed by atoms with E-state index in [2.05, 4.69) is 31.0 Å². The van der Waals surface area contributed by atoms with E-state index in [1.54, 1.807) is 11.3 Å². The Morgan fingerprint density at radius 1 is 1.26 bits per heavy atom. The lowest BCUT2D eigenvalue weighted by molar-refractivity contribution is 0.271. The summed E-state index contributed by atoms with van der Waals surface area (Å²) in [5, 5.41) is 0.643. The van der Waals surface area contributed by atoms with Gasteiger partial charge < -0.3 is 10.5 Å². The van der Waals surface area contributed by atoms with E-state index in [1.165, 1.54) is 10.4 Å². The highest BCUT2D eigenvalue weighted by atomic mass is 32.1. The van der Waals surface area contributed by atoms with Gasteiger partial charge in [0.25, 0.3) is 0 Å². The summed E-state index contributed by atoms with van der Waals surface area (Å²) in [6.07, 6.45) is 0.880. The number of anilines is 1. The maximum Gasteiger partial charge on any atom is 0.180 e. The summed E-state index contributed by atoms with van der Waals surface area (Å²) in [6.45, 7) is 7.04. The number of hydrogen-bond acceptors (Lipinski definition) is 4. The Morgan fingerprint density at radius 2 is 1.95 bits per heavy atom. The Morgan fingerprint density at radius 3 is 2.47 bits per heavy atom. The summed E-state index contributed by atoms with van der Waals surface area (Å²) in [5.41, 5.74) is 8.00. The van der Waals surface area contributed by atoms with Crippen LogP contribution in [0.15, 0.2) is 24.3 Å². The lowest BCUT2D eigenvalue weighted by Gasteiger charge is -2.09. The molecule has 1 heterocycles. The zero-order valence-corrected chi connectivity index (χ0v) is 12.5. The second kappa shape index (κ2) is 6.06. The fraction of sp³-hybridized carbons (Fsp3) is 0.400. The molecule has 1 aromatic heterocycles. The van der Waals surface area contributed by atoms with E-state index in [9.17, 15) is 0 Å². The normalized spacial score (nSPS) is 10.9. The quantitative estimate of drug-likeness (QED) is 0.906. The Bertz CT molecular complexity index is 532. The predicted octanol–water partition coefficient (Wildman–Crippen LogP) is 3.66. The van der Waals surface area contributed by atoms with Crippen molar-refractivity contribution in [3.63, 3.8) is 0 Å². The number of nitrogens with zero attached hydrogens (tertiary/aromatic N) is 1. The van der Waals surface area contributed by atoms with Gasteiger partial charge in [0.2, 0.25) is 0 Å². The zero-order valence-electron chi connectivity index (χ0n) is 11.6. The van der Waals surface area contributed by atoms with E-state index in [0.29, 0.717) is 11.0 Å². The van der Waals surface area contributed by atoms with Crippen molar-refractivity contribution in [3.8, 4) is 5.75 Å². The number of rotatable bonds is 5. The molecule has 0 aliphatic rings. The number of aryl methyl sites for hydroxylation is 1. The standard InChI is InChI=1S/C15H20N2OS/c1-10(2)9-18-13-6-4-12(5-7-13)8-14-11(3)17-15(16)19-14/h4-7,10H,8-9H2,1-3H3,(H2,16,17). The molecule has 0 spiro atoms. The number of ether oxygens (including phenoxy) is 1. The monoisotopic (exact) mass is 276 g/mol. The van der Waals surface area contributed by atoms with Crippen LogP contribution in [0.1, 0.15) is 30.0 Å². The van der Waals surface area contributed by atoms with Gasteiger partial charge in [-0.05, 0) is 30.5 Å². The number of nitrogen functional groups attached to an aromatic ring is 1. The number of aromatic nitrogens is 1. The van der Waals surface area contributed by atoms with Crippen molar-refractivity contribution < 1.29 is 4.74 Å². The number of thiazole rings is 1. The molecule has 0 aliphatic heterocycles. The van der Waals surface area contributed by atoms with Gasteiger partial charge in [-0.3, -0.25) is 0 Å². The molecule has 0 atom stereocenters. The number of nitrogens with two attached hydrogens (primary N) is 1. The Balaban J connectivity index is 2.00. The molecule has 4 heteroatoms. The number of hydrogen-bond donors (Lipinski definition) is 1. The van der Waals surface area contributed by atoms with Crippen molar-refractivity contribution in [1.29, 1.82) is 0 Å². The molecule has 2 N–H and O–H groups in total. The molecular weight excluding hydrogens is 256 g/mol. The minimum absolute atomic E-state index is 0.544. The van der Waals surface area contributed by atoms with Crippen LogP contribution in [0, 0.1) is 12.8 Å². The maximum atomic E-state index is 5.71.